The number of aryl methyl sites for hydroxylation is 1. The van der Waals surface area contributed by atoms with Gasteiger partial charge in [-0.25, -0.2) is 4.98 Å². The zero-order valence-corrected chi connectivity index (χ0v) is 13.7. The van der Waals surface area contributed by atoms with Gasteiger partial charge < -0.3 is 19.8 Å². The topological polar surface area (TPSA) is 99.9 Å². The van der Waals surface area contributed by atoms with E-state index >= 15 is 0 Å². The van der Waals surface area contributed by atoms with Crippen LogP contribution in [0.25, 0.3) is 33.6 Å². The van der Waals surface area contributed by atoms with Crippen LogP contribution < -0.4 is 5.32 Å². The van der Waals surface area contributed by atoms with Crippen molar-refractivity contribution in [2.75, 3.05) is 18.5 Å². The molecule has 1 aromatic carbocycles. The molecule has 0 spiro atoms. The molecule has 3 N–H and O–H groups in total. The van der Waals surface area contributed by atoms with Crippen molar-refractivity contribution in [3.8, 4) is 22.6 Å². The number of aromatic amines is 1. The molecule has 0 radical (unpaired) electrons. The molecule has 0 fully saturated rings. The Hall–Kier alpha value is -3.19. The van der Waals surface area contributed by atoms with E-state index in [9.17, 15) is 0 Å². The third-order valence-electron chi connectivity index (χ3n) is 3.89. The van der Waals surface area contributed by atoms with Gasteiger partial charge in [0.1, 0.15) is 11.5 Å². The quantitative estimate of drug-likeness (QED) is 0.518. The first kappa shape index (κ1) is 15.3. The van der Waals surface area contributed by atoms with E-state index in [1.54, 1.807) is 6.92 Å². The largest absolute Gasteiger partial charge is 0.421 e. The number of hydrogen-bond donors (Lipinski definition) is 3. The fourth-order valence-corrected chi connectivity index (χ4v) is 2.78. The van der Waals surface area contributed by atoms with Gasteiger partial charge in [0, 0.05) is 30.6 Å². The minimum absolute atomic E-state index is 0.0474. The van der Waals surface area contributed by atoms with E-state index in [1.807, 2.05) is 42.6 Å². The average molecular weight is 335 g/mol. The van der Waals surface area contributed by atoms with E-state index in [0.717, 1.165) is 27.7 Å². The van der Waals surface area contributed by atoms with Crippen molar-refractivity contribution in [1.82, 2.24) is 20.2 Å². The highest BCUT2D eigenvalue weighted by Gasteiger charge is 2.12. The molecule has 3 aromatic heterocycles. The van der Waals surface area contributed by atoms with E-state index < -0.39 is 0 Å². The summed E-state index contributed by atoms with van der Waals surface area (Å²) in [6.45, 7) is 2.26. The Morgan fingerprint density at radius 1 is 1.16 bits per heavy atom. The molecule has 3 heterocycles. The van der Waals surface area contributed by atoms with Crippen LogP contribution in [0.5, 0.6) is 0 Å². The first-order chi connectivity index (χ1) is 12.2. The van der Waals surface area contributed by atoms with Gasteiger partial charge in [0.15, 0.2) is 0 Å². The van der Waals surface area contributed by atoms with Crippen molar-refractivity contribution in [2.45, 2.75) is 6.92 Å². The normalized spacial score (nSPS) is 11.1. The van der Waals surface area contributed by atoms with Crippen molar-refractivity contribution in [3.05, 3.63) is 48.5 Å². The molecule has 0 atom stereocenters. The molecule has 0 saturated carbocycles. The Kier molecular flexibility index (Phi) is 3.91. The van der Waals surface area contributed by atoms with Crippen molar-refractivity contribution >= 4 is 16.9 Å². The van der Waals surface area contributed by atoms with Crippen LogP contribution in [-0.4, -0.2) is 38.4 Å². The molecule has 4 aromatic rings. The predicted octanol–water partition coefficient (Wildman–Crippen LogP) is 2.99. The lowest BCUT2D eigenvalue weighted by Gasteiger charge is -2.09. The highest BCUT2D eigenvalue weighted by molar-refractivity contribution is 5.95. The number of aromatic nitrogens is 4. The van der Waals surface area contributed by atoms with Crippen LogP contribution in [-0.2, 0) is 0 Å². The Balaban J connectivity index is 1.82. The maximum Gasteiger partial charge on any atom is 0.247 e. The lowest BCUT2D eigenvalue weighted by Crippen LogP contribution is -2.07. The maximum atomic E-state index is 9.03. The molecule has 0 bridgehead atoms. The van der Waals surface area contributed by atoms with Crippen molar-refractivity contribution in [2.24, 2.45) is 0 Å². The molecule has 4 rings (SSSR count). The Morgan fingerprint density at radius 2 is 2.04 bits per heavy atom. The summed E-state index contributed by atoms with van der Waals surface area (Å²) in [4.78, 5) is 7.67. The SMILES string of the molecule is Cc1nnc(-c2cccc(-c3cc(NCCO)nc4[nH]ccc34)c2)o1. The Bertz CT molecular complexity index is 1020. The van der Waals surface area contributed by atoms with Crippen LogP contribution in [0.3, 0.4) is 0 Å². The Labute approximate surface area is 143 Å². The first-order valence-electron chi connectivity index (χ1n) is 7.98. The summed E-state index contributed by atoms with van der Waals surface area (Å²) in [5.41, 5.74) is 3.71. The van der Waals surface area contributed by atoms with E-state index in [1.165, 1.54) is 0 Å². The number of pyridine rings is 1. The molecule has 0 aliphatic rings. The minimum atomic E-state index is 0.0474. The number of rotatable bonds is 5. The van der Waals surface area contributed by atoms with Crippen molar-refractivity contribution < 1.29 is 9.52 Å². The van der Waals surface area contributed by atoms with Crippen LogP contribution >= 0.6 is 0 Å². The molecule has 25 heavy (non-hydrogen) atoms. The maximum absolute atomic E-state index is 9.03. The predicted molar refractivity (Wildman–Crippen MR) is 95.1 cm³/mol. The fourth-order valence-electron chi connectivity index (χ4n) is 2.78. The van der Waals surface area contributed by atoms with Gasteiger partial charge in [-0.1, -0.05) is 12.1 Å². The van der Waals surface area contributed by atoms with Gasteiger partial charge in [0.05, 0.1) is 6.61 Å². The van der Waals surface area contributed by atoms with E-state index in [-0.39, 0.29) is 6.61 Å². The van der Waals surface area contributed by atoms with Gasteiger partial charge in [-0.2, -0.15) is 0 Å². The average Bonchev–Trinajstić information content (AvgIpc) is 3.28. The molecular weight excluding hydrogens is 318 g/mol. The zero-order chi connectivity index (χ0) is 17.2. The van der Waals surface area contributed by atoms with E-state index in [0.29, 0.717) is 24.1 Å². The minimum Gasteiger partial charge on any atom is -0.421 e. The van der Waals surface area contributed by atoms with E-state index in [4.69, 9.17) is 9.52 Å². The second-order valence-electron chi connectivity index (χ2n) is 5.65. The summed E-state index contributed by atoms with van der Waals surface area (Å²) in [7, 11) is 0. The smallest absolute Gasteiger partial charge is 0.247 e. The number of nitrogens with zero attached hydrogens (tertiary/aromatic N) is 3. The summed E-state index contributed by atoms with van der Waals surface area (Å²) < 4.78 is 5.53. The van der Waals surface area contributed by atoms with Gasteiger partial charge in [-0.3, -0.25) is 0 Å². The number of nitrogens with one attached hydrogen (secondary N) is 2. The standard InChI is InChI=1S/C18H17N5O2/c1-11-22-23-18(25-11)13-4-2-3-12(9-13)15-10-16(19-7-8-24)21-17-14(15)5-6-20-17/h2-6,9-10,24H,7-8H2,1H3,(H2,19,20,21). The highest BCUT2D eigenvalue weighted by atomic mass is 16.4. The van der Waals surface area contributed by atoms with Crippen LogP contribution in [0, 0.1) is 6.92 Å². The highest BCUT2D eigenvalue weighted by Crippen LogP contribution is 2.32. The molecule has 126 valence electrons. The van der Waals surface area contributed by atoms with Crippen molar-refractivity contribution in [1.29, 1.82) is 0 Å². The number of anilines is 1. The number of aliphatic hydroxyl groups excluding tert-OH is 1. The number of hydrogen-bond acceptors (Lipinski definition) is 6. The van der Waals surface area contributed by atoms with Gasteiger partial charge in [0.2, 0.25) is 11.8 Å². The summed E-state index contributed by atoms with van der Waals surface area (Å²) in [5, 5.41) is 21.1. The van der Waals surface area contributed by atoms with Crippen LogP contribution in [0.1, 0.15) is 5.89 Å². The third-order valence-corrected chi connectivity index (χ3v) is 3.89. The molecule has 0 unspecified atom stereocenters. The van der Waals surface area contributed by atoms with Gasteiger partial charge in [-0.05, 0) is 35.4 Å². The van der Waals surface area contributed by atoms with Gasteiger partial charge in [-0.15, -0.1) is 10.2 Å². The van der Waals surface area contributed by atoms with Gasteiger partial charge in [0.25, 0.3) is 0 Å². The number of benzene rings is 1. The van der Waals surface area contributed by atoms with Crippen LogP contribution in [0.4, 0.5) is 5.82 Å². The molecule has 0 aliphatic carbocycles. The number of fused-ring (bicyclic) bond motifs is 1. The zero-order valence-electron chi connectivity index (χ0n) is 13.7. The monoisotopic (exact) mass is 335 g/mol. The molecule has 0 aliphatic heterocycles. The molecular formula is C18H17N5O2. The first-order valence-corrected chi connectivity index (χ1v) is 7.98. The second kappa shape index (κ2) is 6.37. The Morgan fingerprint density at radius 3 is 2.84 bits per heavy atom. The van der Waals surface area contributed by atoms with Crippen LogP contribution in [0.2, 0.25) is 0 Å². The van der Waals surface area contributed by atoms with Crippen LogP contribution in [0.15, 0.2) is 47.0 Å². The number of aliphatic hydroxyl groups is 1. The molecule has 7 heteroatoms. The lowest BCUT2D eigenvalue weighted by molar-refractivity contribution is 0.311. The molecule has 7 nitrogen and oxygen atoms in total. The van der Waals surface area contributed by atoms with Gasteiger partial charge >= 0.3 is 0 Å². The molecule has 0 amide bonds. The lowest BCUT2D eigenvalue weighted by atomic mass is 10.0. The summed E-state index contributed by atoms with van der Waals surface area (Å²) >= 11 is 0. The number of H-pyrrole nitrogens is 1. The third kappa shape index (κ3) is 2.97. The summed E-state index contributed by atoms with van der Waals surface area (Å²) in [6.07, 6.45) is 1.86. The summed E-state index contributed by atoms with van der Waals surface area (Å²) in [6, 6.07) is 11.9. The fraction of sp³-hybridized carbons (Fsp3) is 0.167. The summed E-state index contributed by atoms with van der Waals surface area (Å²) in [5.74, 6) is 1.74. The van der Waals surface area contributed by atoms with Crippen molar-refractivity contribution in [3.63, 3.8) is 0 Å². The van der Waals surface area contributed by atoms with E-state index in [2.05, 4.69) is 25.5 Å². The second-order valence-corrected chi connectivity index (χ2v) is 5.65. The molecule has 0 saturated heterocycles.